The number of hydrogen-bond donors (Lipinski definition) is 1. The van der Waals surface area contributed by atoms with Crippen molar-refractivity contribution in [3.63, 3.8) is 0 Å². The van der Waals surface area contributed by atoms with E-state index in [0.717, 1.165) is 10.6 Å². The number of aromatic nitrogens is 1. The quantitative estimate of drug-likeness (QED) is 0.667. The van der Waals surface area contributed by atoms with Gasteiger partial charge in [-0.05, 0) is 6.92 Å². The van der Waals surface area contributed by atoms with E-state index in [2.05, 4.69) is 4.98 Å². The van der Waals surface area contributed by atoms with Gasteiger partial charge in [0.15, 0.2) is 4.34 Å². The summed E-state index contributed by atoms with van der Waals surface area (Å²) in [7, 11) is 0. The number of carbonyl (C=O) groups excluding carboxylic acids is 2. The average molecular weight is 351 g/mol. The van der Waals surface area contributed by atoms with Crippen molar-refractivity contribution in [3.05, 3.63) is 10.6 Å². The molecule has 0 bridgehead atoms. The molecule has 0 aliphatic heterocycles. The number of nitriles is 2. The molecule has 122 valence electrons. The van der Waals surface area contributed by atoms with Crippen molar-refractivity contribution >= 4 is 34.9 Å². The van der Waals surface area contributed by atoms with Gasteiger partial charge in [-0.2, -0.15) is 10.5 Å². The minimum atomic E-state index is -0.413. The summed E-state index contributed by atoms with van der Waals surface area (Å²) in [6, 6.07) is 3.99. The van der Waals surface area contributed by atoms with E-state index in [9.17, 15) is 9.59 Å². The van der Waals surface area contributed by atoms with Gasteiger partial charge in [0, 0.05) is 18.0 Å². The average Bonchev–Trinajstić information content (AvgIpc) is 2.84. The predicted molar refractivity (Wildman–Crippen MR) is 87.5 cm³/mol. The second kappa shape index (κ2) is 9.82. The zero-order valence-electron chi connectivity index (χ0n) is 12.7. The summed E-state index contributed by atoms with van der Waals surface area (Å²) >= 11 is 2.64. The highest BCUT2D eigenvalue weighted by molar-refractivity contribution is 8.01. The van der Waals surface area contributed by atoms with Crippen molar-refractivity contribution in [1.82, 2.24) is 9.88 Å². The number of thiazole rings is 1. The maximum atomic E-state index is 12.2. The lowest BCUT2D eigenvalue weighted by Crippen LogP contribution is -2.34. The molecule has 0 unspecified atom stereocenters. The summed E-state index contributed by atoms with van der Waals surface area (Å²) in [6.07, 6.45) is 0.621. The molecule has 0 spiro atoms. The van der Waals surface area contributed by atoms with Crippen LogP contribution in [0, 0.1) is 29.6 Å². The van der Waals surface area contributed by atoms with Crippen LogP contribution < -0.4 is 5.73 Å². The van der Waals surface area contributed by atoms with Crippen LogP contribution in [-0.4, -0.2) is 40.5 Å². The van der Waals surface area contributed by atoms with E-state index in [0.29, 0.717) is 17.4 Å². The third kappa shape index (κ3) is 6.68. The van der Waals surface area contributed by atoms with E-state index in [1.54, 1.807) is 6.92 Å². The molecule has 0 atom stereocenters. The molecule has 2 amide bonds. The maximum Gasteiger partial charge on any atom is 0.233 e. The molecular weight excluding hydrogens is 334 g/mol. The van der Waals surface area contributed by atoms with Crippen LogP contribution in [0.2, 0.25) is 0 Å². The Bertz CT molecular complexity index is 627. The molecule has 1 aromatic heterocycles. The second-order valence-electron chi connectivity index (χ2n) is 4.62. The van der Waals surface area contributed by atoms with Crippen molar-refractivity contribution in [1.29, 1.82) is 10.5 Å². The van der Waals surface area contributed by atoms with Crippen LogP contribution in [0.1, 0.15) is 23.4 Å². The summed E-state index contributed by atoms with van der Waals surface area (Å²) < 4.78 is 0.701. The first-order valence-electron chi connectivity index (χ1n) is 6.87. The van der Waals surface area contributed by atoms with Gasteiger partial charge in [-0.1, -0.05) is 11.8 Å². The predicted octanol–water partition coefficient (Wildman–Crippen LogP) is 1.23. The molecule has 0 fully saturated rings. The van der Waals surface area contributed by atoms with E-state index in [1.165, 1.54) is 28.0 Å². The highest BCUT2D eigenvalue weighted by Crippen LogP contribution is 2.27. The molecule has 0 aromatic carbocycles. The number of amides is 2. The molecule has 0 saturated carbocycles. The van der Waals surface area contributed by atoms with Crippen LogP contribution >= 0.6 is 23.1 Å². The highest BCUT2D eigenvalue weighted by Gasteiger charge is 2.16. The Labute approximate surface area is 143 Å². The summed E-state index contributed by atoms with van der Waals surface area (Å²) in [4.78, 5) is 29.8. The summed E-state index contributed by atoms with van der Waals surface area (Å²) in [5, 5.41) is 17.3. The Morgan fingerprint density at radius 1 is 1.30 bits per heavy atom. The second-order valence-corrected chi connectivity index (χ2v) is 6.92. The Morgan fingerprint density at radius 2 is 1.91 bits per heavy atom. The molecule has 0 aliphatic carbocycles. The number of thioether (sulfide) groups is 1. The number of carbonyl (C=O) groups is 2. The van der Waals surface area contributed by atoms with Gasteiger partial charge in [0.05, 0.1) is 42.8 Å². The fourth-order valence-electron chi connectivity index (χ4n) is 1.73. The third-order valence-corrected chi connectivity index (χ3v) is 5.15. The van der Waals surface area contributed by atoms with E-state index >= 15 is 0 Å². The Hall–Kier alpha value is -2.10. The maximum absolute atomic E-state index is 12.2. The number of aryl methyl sites for hydroxylation is 1. The number of nitrogens with zero attached hydrogens (tertiary/aromatic N) is 4. The molecule has 9 heteroatoms. The molecule has 7 nitrogen and oxygen atoms in total. The van der Waals surface area contributed by atoms with Gasteiger partial charge < -0.3 is 10.6 Å². The first kappa shape index (κ1) is 18.9. The van der Waals surface area contributed by atoms with Gasteiger partial charge in [0.25, 0.3) is 0 Å². The number of primary amides is 1. The molecule has 1 rings (SSSR count). The standard InChI is InChI=1S/C14H17N5O2S2/c1-10-11(8-12(17)20)23-14(18-10)22-9-13(21)19(6-2-4-15)7-3-5-16/h2-3,6-9H2,1H3,(H2,17,20). The smallest absolute Gasteiger partial charge is 0.233 e. The fourth-order valence-corrected chi connectivity index (χ4v) is 3.88. The topological polar surface area (TPSA) is 124 Å². The van der Waals surface area contributed by atoms with Crippen LogP contribution in [0.4, 0.5) is 0 Å². The zero-order valence-corrected chi connectivity index (χ0v) is 14.4. The number of rotatable bonds is 9. The zero-order chi connectivity index (χ0) is 17.2. The third-order valence-electron chi connectivity index (χ3n) is 2.87. The van der Waals surface area contributed by atoms with E-state index in [-0.39, 0.29) is 30.9 Å². The van der Waals surface area contributed by atoms with Crippen LogP contribution in [0.15, 0.2) is 4.34 Å². The van der Waals surface area contributed by atoms with Gasteiger partial charge in [0.1, 0.15) is 0 Å². The minimum Gasteiger partial charge on any atom is -0.369 e. The molecule has 23 heavy (non-hydrogen) atoms. The van der Waals surface area contributed by atoms with Gasteiger partial charge in [0.2, 0.25) is 11.8 Å². The Balaban J connectivity index is 2.60. The van der Waals surface area contributed by atoms with E-state index in [4.69, 9.17) is 16.3 Å². The van der Waals surface area contributed by atoms with Crippen molar-refractivity contribution in [2.45, 2.75) is 30.5 Å². The highest BCUT2D eigenvalue weighted by atomic mass is 32.2. The van der Waals surface area contributed by atoms with E-state index in [1.807, 2.05) is 12.1 Å². The van der Waals surface area contributed by atoms with Gasteiger partial charge >= 0.3 is 0 Å². The fraction of sp³-hybridized carbons (Fsp3) is 0.500. The van der Waals surface area contributed by atoms with Crippen molar-refractivity contribution in [2.24, 2.45) is 5.73 Å². The molecule has 0 saturated heterocycles. The SMILES string of the molecule is Cc1nc(SCC(=O)N(CCC#N)CCC#N)sc1CC(N)=O. The lowest BCUT2D eigenvalue weighted by Gasteiger charge is -2.19. The van der Waals surface area contributed by atoms with Crippen molar-refractivity contribution in [3.8, 4) is 12.1 Å². The Kier molecular flexibility index (Phi) is 8.09. The van der Waals surface area contributed by atoms with E-state index < -0.39 is 5.91 Å². The molecule has 0 radical (unpaired) electrons. The first-order chi connectivity index (χ1) is 11.0. The van der Waals surface area contributed by atoms with Crippen molar-refractivity contribution in [2.75, 3.05) is 18.8 Å². The van der Waals surface area contributed by atoms with Gasteiger partial charge in [-0.15, -0.1) is 11.3 Å². The summed E-state index contributed by atoms with van der Waals surface area (Å²) in [6.45, 7) is 2.44. The summed E-state index contributed by atoms with van der Waals surface area (Å²) in [5.74, 6) is -0.367. The van der Waals surface area contributed by atoms with Gasteiger partial charge in [-0.25, -0.2) is 4.98 Å². The monoisotopic (exact) mass is 351 g/mol. The molecule has 1 aromatic rings. The van der Waals surface area contributed by atoms with Crippen LogP contribution in [-0.2, 0) is 16.0 Å². The lowest BCUT2D eigenvalue weighted by atomic mass is 10.3. The largest absolute Gasteiger partial charge is 0.369 e. The van der Waals surface area contributed by atoms with Gasteiger partial charge in [-0.3, -0.25) is 9.59 Å². The molecular formula is C14H17N5O2S2. The minimum absolute atomic E-state index is 0.134. The van der Waals surface area contributed by atoms with Crippen LogP contribution in [0.25, 0.3) is 0 Å². The first-order valence-corrected chi connectivity index (χ1v) is 8.67. The van der Waals surface area contributed by atoms with Crippen molar-refractivity contribution < 1.29 is 9.59 Å². The Morgan fingerprint density at radius 3 is 2.43 bits per heavy atom. The van der Waals surface area contributed by atoms with Crippen LogP contribution in [0.5, 0.6) is 0 Å². The van der Waals surface area contributed by atoms with Crippen LogP contribution in [0.3, 0.4) is 0 Å². The normalized spacial score (nSPS) is 9.87. The number of nitrogens with two attached hydrogens (primary N) is 1. The molecule has 0 aliphatic rings. The molecule has 1 heterocycles. The molecule has 2 N–H and O–H groups in total. The lowest BCUT2D eigenvalue weighted by molar-refractivity contribution is -0.128. The summed E-state index contributed by atoms with van der Waals surface area (Å²) in [5.41, 5.74) is 5.92. The number of hydrogen-bond acceptors (Lipinski definition) is 7.